The second kappa shape index (κ2) is 8.03. The zero-order valence-corrected chi connectivity index (χ0v) is 19.9. The van der Waals surface area contributed by atoms with E-state index in [-0.39, 0.29) is 30.2 Å². The number of amides is 3. The van der Waals surface area contributed by atoms with Crippen molar-refractivity contribution in [2.45, 2.75) is 96.1 Å². The van der Waals surface area contributed by atoms with Crippen molar-refractivity contribution in [2.24, 2.45) is 17.8 Å². The largest absolute Gasteiger partial charge is 0.394 e. The van der Waals surface area contributed by atoms with Crippen molar-refractivity contribution in [3.63, 3.8) is 0 Å². The maximum absolute atomic E-state index is 13.9. The second-order valence-corrected chi connectivity index (χ2v) is 10.9. The standard InChI is InChI=1S/C23H39N3O5/c1-8-22-9-10-23(31-22)16(15(22)18(28)24-7)20(30)26(14(12-27)11-13(2)3)17(23)19(29)25-21(4,5)6/h13-17,27H,8-12H2,1-7H3,(H,24,28)(H,25,29)/t14-,15+,16+,17?,22-,23?/m1/s1. The molecular formula is C23H39N3O5. The van der Waals surface area contributed by atoms with Crippen LogP contribution in [-0.4, -0.2) is 70.2 Å². The lowest BCUT2D eigenvalue weighted by Crippen LogP contribution is -2.60. The van der Waals surface area contributed by atoms with Crippen molar-refractivity contribution in [2.75, 3.05) is 13.7 Å². The summed E-state index contributed by atoms with van der Waals surface area (Å²) in [4.78, 5) is 42.0. The molecular weight excluding hydrogens is 398 g/mol. The first-order valence-corrected chi connectivity index (χ1v) is 11.5. The zero-order valence-electron chi connectivity index (χ0n) is 19.9. The Morgan fingerprint density at radius 2 is 1.90 bits per heavy atom. The Balaban J connectivity index is 2.13. The summed E-state index contributed by atoms with van der Waals surface area (Å²) in [7, 11) is 1.57. The molecule has 3 aliphatic heterocycles. The number of fused-ring (bicyclic) bond motifs is 1. The van der Waals surface area contributed by atoms with Gasteiger partial charge in [0, 0.05) is 12.6 Å². The number of aliphatic hydroxyl groups is 1. The van der Waals surface area contributed by atoms with Crippen LogP contribution in [0.5, 0.6) is 0 Å². The summed E-state index contributed by atoms with van der Waals surface area (Å²) >= 11 is 0. The second-order valence-electron chi connectivity index (χ2n) is 10.9. The van der Waals surface area contributed by atoms with Crippen molar-refractivity contribution in [3.05, 3.63) is 0 Å². The van der Waals surface area contributed by atoms with E-state index in [2.05, 4.69) is 10.6 Å². The summed E-state index contributed by atoms with van der Waals surface area (Å²) in [5.41, 5.74) is -2.28. The van der Waals surface area contributed by atoms with Gasteiger partial charge in [-0.15, -0.1) is 0 Å². The van der Waals surface area contributed by atoms with Gasteiger partial charge in [-0.2, -0.15) is 0 Å². The molecule has 3 aliphatic rings. The molecule has 31 heavy (non-hydrogen) atoms. The first kappa shape index (κ1) is 24.0. The maximum atomic E-state index is 13.9. The average Bonchev–Trinajstić information content (AvgIpc) is 3.27. The summed E-state index contributed by atoms with van der Waals surface area (Å²) in [5, 5.41) is 15.9. The Hall–Kier alpha value is -1.67. The molecule has 3 amide bonds. The molecule has 3 fully saturated rings. The van der Waals surface area contributed by atoms with E-state index < -0.39 is 40.7 Å². The molecule has 3 saturated heterocycles. The Bertz CT molecular complexity index is 748. The molecule has 0 aromatic rings. The van der Waals surface area contributed by atoms with E-state index in [1.54, 1.807) is 11.9 Å². The SMILES string of the molecule is CC[C@]12CCC3(O1)C(C(=O)NC(C)(C)C)N([C@@H](CO)CC(C)C)C(=O)[C@@H]3[C@H]2C(=O)NC. The summed E-state index contributed by atoms with van der Waals surface area (Å²) < 4.78 is 6.64. The van der Waals surface area contributed by atoms with Gasteiger partial charge in [-0.3, -0.25) is 14.4 Å². The molecule has 2 unspecified atom stereocenters. The van der Waals surface area contributed by atoms with Crippen LogP contribution < -0.4 is 10.6 Å². The average molecular weight is 438 g/mol. The first-order chi connectivity index (χ1) is 14.4. The normalized spacial score (nSPS) is 35.5. The molecule has 3 N–H and O–H groups in total. The molecule has 3 heterocycles. The van der Waals surface area contributed by atoms with Crippen LogP contribution in [0.3, 0.4) is 0 Å². The third-order valence-corrected chi connectivity index (χ3v) is 7.24. The van der Waals surface area contributed by atoms with Crippen molar-refractivity contribution in [3.8, 4) is 0 Å². The first-order valence-electron chi connectivity index (χ1n) is 11.5. The minimum Gasteiger partial charge on any atom is -0.394 e. The molecule has 0 aromatic heterocycles. The number of carbonyl (C=O) groups is 3. The third kappa shape index (κ3) is 3.65. The number of likely N-dealkylation sites (tertiary alicyclic amines) is 1. The van der Waals surface area contributed by atoms with Crippen LogP contribution in [0.2, 0.25) is 0 Å². The van der Waals surface area contributed by atoms with Crippen LogP contribution in [0.1, 0.15) is 67.2 Å². The van der Waals surface area contributed by atoms with E-state index in [4.69, 9.17) is 4.74 Å². The van der Waals surface area contributed by atoms with Gasteiger partial charge in [-0.25, -0.2) is 0 Å². The monoisotopic (exact) mass is 437 g/mol. The molecule has 0 aliphatic carbocycles. The van der Waals surface area contributed by atoms with E-state index in [1.807, 2.05) is 41.5 Å². The molecule has 0 aromatic carbocycles. The molecule has 3 rings (SSSR count). The highest BCUT2D eigenvalue weighted by atomic mass is 16.5. The number of hydrogen-bond acceptors (Lipinski definition) is 5. The van der Waals surface area contributed by atoms with Gasteiger partial charge < -0.3 is 25.4 Å². The van der Waals surface area contributed by atoms with Gasteiger partial charge >= 0.3 is 0 Å². The van der Waals surface area contributed by atoms with Gasteiger partial charge in [0.15, 0.2) is 0 Å². The summed E-state index contributed by atoms with van der Waals surface area (Å²) in [6.07, 6.45) is 2.34. The highest BCUT2D eigenvalue weighted by molar-refractivity contribution is 5.99. The summed E-state index contributed by atoms with van der Waals surface area (Å²) in [5.74, 6) is -1.89. The molecule has 8 heteroatoms. The van der Waals surface area contributed by atoms with Gasteiger partial charge in [0.1, 0.15) is 11.6 Å². The van der Waals surface area contributed by atoms with E-state index in [9.17, 15) is 19.5 Å². The van der Waals surface area contributed by atoms with Crippen LogP contribution in [0, 0.1) is 17.8 Å². The zero-order chi connectivity index (χ0) is 23.4. The van der Waals surface area contributed by atoms with Crippen molar-refractivity contribution in [1.29, 1.82) is 0 Å². The molecule has 0 saturated carbocycles. The van der Waals surface area contributed by atoms with E-state index in [0.717, 1.165) is 0 Å². The Kier molecular flexibility index (Phi) is 6.21. The minimum absolute atomic E-state index is 0.219. The topological polar surface area (TPSA) is 108 Å². The van der Waals surface area contributed by atoms with E-state index in [0.29, 0.717) is 25.7 Å². The van der Waals surface area contributed by atoms with Crippen LogP contribution >= 0.6 is 0 Å². The highest BCUT2D eigenvalue weighted by Gasteiger charge is 2.79. The Morgan fingerprint density at radius 1 is 1.26 bits per heavy atom. The number of carbonyl (C=O) groups excluding carboxylic acids is 3. The van der Waals surface area contributed by atoms with Crippen LogP contribution in [-0.2, 0) is 19.1 Å². The third-order valence-electron chi connectivity index (χ3n) is 7.24. The van der Waals surface area contributed by atoms with Crippen LogP contribution in [0.25, 0.3) is 0 Å². The molecule has 2 bridgehead atoms. The number of hydrogen-bond donors (Lipinski definition) is 3. The Labute approximate surface area is 185 Å². The molecule has 176 valence electrons. The lowest BCUT2D eigenvalue weighted by atomic mass is 9.65. The minimum atomic E-state index is -1.05. The predicted molar refractivity (Wildman–Crippen MR) is 116 cm³/mol. The fraction of sp³-hybridized carbons (Fsp3) is 0.870. The number of nitrogens with zero attached hydrogens (tertiary/aromatic N) is 1. The van der Waals surface area contributed by atoms with Crippen molar-refractivity contribution in [1.82, 2.24) is 15.5 Å². The van der Waals surface area contributed by atoms with Gasteiger partial charge in [0.25, 0.3) is 0 Å². The maximum Gasteiger partial charge on any atom is 0.246 e. The highest BCUT2D eigenvalue weighted by Crippen LogP contribution is 2.64. The van der Waals surface area contributed by atoms with Crippen molar-refractivity contribution >= 4 is 17.7 Å². The van der Waals surface area contributed by atoms with Crippen LogP contribution in [0.15, 0.2) is 0 Å². The lowest BCUT2D eigenvalue weighted by Gasteiger charge is -2.39. The quantitative estimate of drug-likeness (QED) is 0.555. The number of nitrogens with one attached hydrogen (secondary N) is 2. The molecule has 6 atom stereocenters. The molecule has 8 nitrogen and oxygen atoms in total. The fourth-order valence-corrected chi connectivity index (χ4v) is 6.16. The number of aliphatic hydroxyl groups excluding tert-OH is 1. The van der Waals surface area contributed by atoms with Gasteiger partial charge in [-0.05, 0) is 52.4 Å². The number of rotatable bonds is 7. The van der Waals surface area contributed by atoms with Gasteiger partial charge in [0.05, 0.1) is 30.1 Å². The molecule has 0 radical (unpaired) electrons. The number of ether oxygens (including phenoxy) is 1. The van der Waals surface area contributed by atoms with Gasteiger partial charge in [-0.1, -0.05) is 20.8 Å². The molecule has 1 spiro atoms. The smallest absolute Gasteiger partial charge is 0.246 e. The summed E-state index contributed by atoms with van der Waals surface area (Å²) in [6, 6.07) is -1.38. The van der Waals surface area contributed by atoms with Gasteiger partial charge in [0.2, 0.25) is 17.7 Å². The van der Waals surface area contributed by atoms with Crippen LogP contribution in [0.4, 0.5) is 0 Å². The van der Waals surface area contributed by atoms with E-state index >= 15 is 0 Å². The predicted octanol–water partition coefficient (Wildman–Crippen LogP) is 1.21. The Morgan fingerprint density at radius 3 is 2.39 bits per heavy atom. The summed E-state index contributed by atoms with van der Waals surface area (Å²) in [6.45, 7) is 11.5. The fourth-order valence-electron chi connectivity index (χ4n) is 6.16. The van der Waals surface area contributed by atoms with E-state index in [1.165, 1.54) is 0 Å². The van der Waals surface area contributed by atoms with Crippen molar-refractivity contribution < 1.29 is 24.2 Å². The lowest BCUT2D eigenvalue weighted by molar-refractivity contribution is -0.152.